The van der Waals surface area contributed by atoms with Crippen molar-refractivity contribution in [1.29, 1.82) is 0 Å². The summed E-state index contributed by atoms with van der Waals surface area (Å²) in [4.78, 5) is 22.5. The molecule has 0 spiro atoms. The molecule has 0 saturated carbocycles. The molecule has 1 aliphatic heterocycles. The van der Waals surface area contributed by atoms with Crippen LogP contribution in [0.25, 0.3) is 0 Å². The molecule has 7 heteroatoms. The van der Waals surface area contributed by atoms with Gasteiger partial charge in [-0.2, -0.15) is 0 Å². The highest BCUT2D eigenvalue weighted by molar-refractivity contribution is 5.96. The quantitative estimate of drug-likeness (QED) is 0.870. The summed E-state index contributed by atoms with van der Waals surface area (Å²) in [6.45, 7) is 2.46. The fraction of sp³-hybridized carbons (Fsp3) is 0.438. The van der Waals surface area contributed by atoms with Gasteiger partial charge in [-0.15, -0.1) is 0 Å². The van der Waals surface area contributed by atoms with E-state index in [1.807, 2.05) is 12.1 Å². The van der Waals surface area contributed by atoms with Crippen molar-refractivity contribution in [3.8, 4) is 0 Å². The van der Waals surface area contributed by atoms with Crippen LogP contribution in [0, 0.1) is 0 Å². The predicted molar refractivity (Wildman–Crippen MR) is 85.7 cm³/mol. The number of likely N-dealkylation sites (tertiary alicyclic amines) is 1. The van der Waals surface area contributed by atoms with Crippen molar-refractivity contribution in [2.45, 2.75) is 25.3 Å². The second-order valence-electron chi connectivity index (χ2n) is 5.63. The minimum Gasteiger partial charge on any atom is -0.468 e. The Hall–Kier alpha value is -2.41. The van der Waals surface area contributed by atoms with Crippen LogP contribution in [0.3, 0.4) is 0 Å². The molecule has 0 aromatic carbocycles. The summed E-state index contributed by atoms with van der Waals surface area (Å²) in [5.41, 5.74) is 5.86. The third kappa shape index (κ3) is 3.68. The lowest BCUT2D eigenvalue weighted by molar-refractivity contribution is 0.0910. The summed E-state index contributed by atoms with van der Waals surface area (Å²) in [6, 6.07) is 3.84. The van der Waals surface area contributed by atoms with Gasteiger partial charge in [0.05, 0.1) is 12.3 Å². The van der Waals surface area contributed by atoms with E-state index in [2.05, 4.69) is 20.2 Å². The van der Waals surface area contributed by atoms with Gasteiger partial charge < -0.3 is 15.5 Å². The Labute approximate surface area is 134 Å². The van der Waals surface area contributed by atoms with E-state index in [1.54, 1.807) is 6.26 Å². The maximum Gasteiger partial charge on any atom is 0.273 e. The van der Waals surface area contributed by atoms with Crippen molar-refractivity contribution >= 4 is 11.7 Å². The molecule has 0 aliphatic carbocycles. The summed E-state index contributed by atoms with van der Waals surface area (Å²) in [7, 11) is 0. The molecule has 3 rings (SSSR count). The normalized spacial score (nSPS) is 16.9. The number of nitrogens with zero attached hydrogens (tertiary/aromatic N) is 3. The largest absolute Gasteiger partial charge is 0.468 e. The van der Waals surface area contributed by atoms with Crippen molar-refractivity contribution in [3.63, 3.8) is 0 Å². The number of aromatic nitrogens is 2. The molecule has 3 N–H and O–H groups in total. The van der Waals surface area contributed by atoms with Gasteiger partial charge in [-0.1, -0.05) is 6.42 Å². The Bertz CT molecular complexity index is 638. The van der Waals surface area contributed by atoms with Crippen LogP contribution in [0.4, 0.5) is 5.82 Å². The smallest absolute Gasteiger partial charge is 0.273 e. The third-order valence-corrected chi connectivity index (χ3v) is 4.10. The third-order valence-electron chi connectivity index (χ3n) is 4.10. The number of nitrogens with one attached hydrogen (secondary N) is 1. The maximum absolute atomic E-state index is 12.3. The van der Waals surface area contributed by atoms with E-state index in [4.69, 9.17) is 10.2 Å². The number of piperidine rings is 1. The van der Waals surface area contributed by atoms with Gasteiger partial charge >= 0.3 is 0 Å². The van der Waals surface area contributed by atoms with E-state index in [-0.39, 0.29) is 23.5 Å². The second-order valence-corrected chi connectivity index (χ2v) is 5.63. The Morgan fingerprint density at radius 3 is 2.78 bits per heavy atom. The molecule has 1 fully saturated rings. The number of rotatable bonds is 5. The molecule has 1 atom stereocenters. The van der Waals surface area contributed by atoms with E-state index in [0.29, 0.717) is 6.54 Å². The zero-order valence-corrected chi connectivity index (χ0v) is 12.9. The van der Waals surface area contributed by atoms with Crippen LogP contribution >= 0.6 is 0 Å². The van der Waals surface area contributed by atoms with Crippen LogP contribution in [-0.4, -0.2) is 40.4 Å². The van der Waals surface area contributed by atoms with Gasteiger partial charge in [0, 0.05) is 18.9 Å². The second kappa shape index (κ2) is 7.23. The monoisotopic (exact) mass is 315 g/mol. The number of nitrogens with two attached hydrogens (primary N) is 1. The summed E-state index contributed by atoms with van der Waals surface area (Å²) < 4.78 is 5.56. The highest BCUT2D eigenvalue weighted by Gasteiger charge is 2.25. The molecule has 0 radical (unpaired) electrons. The lowest BCUT2D eigenvalue weighted by Gasteiger charge is -2.33. The summed E-state index contributed by atoms with van der Waals surface area (Å²) in [5.74, 6) is 0.681. The number of hydrogen-bond donors (Lipinski definition) is 2. The molecule has 1 saturated heterocycles. The molecule has 0 bridgehead atoms. The summed E-state index contributed by atoms with van der Waals surface area (Å²) in [6.07, 6.45) is 8.18. The maximum atomic E-state index is 12.3. The number of furan rings is 1. The summed E-state index contributed by atoms with van der Waals surface area (Å²) >= 11 is 0. The highest BCUT2D eigenvalue weighted by Crippen LogP contribution is 2.24. The molecule has 1 amide bonds. The topological polar surface area (TPSA) is 97.3 Å². The number of nitrogen functional groups attached to an aromatic ring is 1. The van der Waals surface area contributed by atoms with Gasteiger partial charge in [-0.25, -0.2) is 9.97 Å². The van der Waals surface area contributed by atoms with E-state index < -0.39 is 0 Å². The molecular formula is C16H21N5O2. The average molecular weight is 315 g/mol. The summed E-state index contributed by atoms with van der Waals surface area (Å²) in [5, 5.41) is 2.90. The minimum absolute atomic E-state index is 0.0205. The van der Waals surface area contributed by atoms with Gasteiger partial charge in [0.2, 0.25) is 0 Å². The van der Waals surface area contributed by atoms with Crippen LogP contribution in [0.5, 0.6) is 0 Å². The molecule has 122 valence electrons. The SMILES string of the molecule is Nc1nccnc1C(=O)NC[C@@H](c1ccco1)N1CCCCC1. The van der Waals surface area contributed by atoms with Gasteiger partial charge in [0.15, 0.2) is 11.5 Å². The number of carbonyl (C=O) groups is 1. The minimum atomic E-state index is -0.316. The van der Waals surface area contributed by atoms with Crippen molar-refractivity contribution < 1.29 is 9.21 Å². The number of anilines is 1. The molecule has 2 aromatic heterocycles. The molecule has 0 unspecified atom stereocenters. The highest BCUT2D eigenvalue weighted by atomic mass is 16.3. The van der Waals surface area contributed by atoms with Crippen molar-refractivity contribution in [2.75, 3.05) is 25.4 Å². The zero-order chi connectivity index (χ0) is 16.1. The number of hydrogen-bond acceptors (Lipinski definition) is 6. The molecule has 7 nitrogen and oxygen atoms in total. The van der Waals surface area contributed by atoms with Crippen LogP contribution in [0.1, 0.15) is 41.6 Å². The van der Waals surface area contributed by atoms with Gasteiger partial charge in [0.1, 0.15) is 5.76 Å². The van der Waals surface area contributed by atoms with E-state index in [9.17, 15) is 4.79 Å². The first kappa shape index (κ1) is 15.5. The van der Waals surface area contributed by atoms with Crippen LogP contribution in [0.2, 0.25) is 0 Å². The van der Waals surface area contributed by atoms with Crippen molar-refractivity contribution in [1.82, 2.24) is 20.2 Å². The fourth-order valence-electron chi connectivity index (χ4n) is 2.92. The Kier molecular flexibility index (Phi) is 4.87. The Morgan fingerprint density at radius 1 is 1.30 bits per heavy atom. The van der Waals surface area contributed by atoms with Crippen LogP contribution in [-0.2, 0) is 0 Å². The Morgan fingerprint density at radius 2 is 2.09 bits per heavy atom. The molecule has 3 heterocycles. The first-order valence-electron chi connectivity index (χ1n) is 7.88. The standard InChI is InChI=1S/C16H21N5O2/c17-15-14(18-6-7-19-15)16(22)20-11-12(13-5-4-10-23-13)21-8-2-1-3-9-21/h4-7,10,12H,1-3,8-9,11H2,(H2,17,19)(H,20,22)/t12-/m0/s1. The van der Waals surface area contributed by atoms with Crippen LogP contribution < -0.4 is 11.1 Å². The van der Waals surface area contributed by atoms with Crippen molar-refractivity contribution in [2.24, 2.45) is 0 Å². The van der Waals surface area contributed by atoms with Gasteiger partial charge in [0.25, 0.3) is 5.91 Å². The zero-order valence-electron chi connectivity index (χ0n) is 12.9. The molecule has 23 heavy (non-hydrogen) atoms. The molecule has 1 aliphatic rings. The number of carbonyl (C=O) groups excluding carboxylic acids is 1. The number of amides is 1. The molecular weight excluding hydrogens is 294 g/mol. The first-order valence-corrected chi connectivity index (χ1v) is 7.88. The van der Waals surface area contributed by atoms with Gasteiger partial charge in [-0.05, 0) is 38.1 Å². The lowest BCUT2D eigenvalue weighted by Crippen LogP contribution is -2.40. The van der Waals surface area contributed by atoms with Crippen LogP contribution in [0.15, 0.2) is 35.2 Å². The first-order chi connectivity index (χ1) is 11.3. The fourth-order valence-corrected chi connectivity index (χ4v) is 2.92. The van der Waals surface area contributed by atoms with Crippen molar-refractivity contribution in [3.05, 3.63) is 42.2 Å². The van der Waals surface area contributed by atoms with E-state index in [0.717, 1.165) is 18.8 Å². The van der Waals surface area contributed by atoms with E-state index >= 15 is 0 Å². The van der Waals surface area contributed by atoms with E-state index in [1.165, 1.54) is 31.7 Å². The molecule has 2 aromatic rings. The Balaban J connectivity index is 1.69. The average Bonchev–Trinajstić information content (AvgIpc) is 3.10. The lowest BCUT2D eigenvalue weighted by atomic mass is 10.1. The predicted octanol–water partition coefficient (Wildman–Crippen LogP) is 1.61. The van der Waals surface area contributed by atoms with Gasteiger partial charge in [-0.3, -0.25) is 9.69 Å².